The van der Waals surface area contributed by atoms with Crippen LogP contribution in [0.2, 0.25) is 0 Å². The van der Waals surface area contributed by atoms with Gasteiger partial charge in [-0.1, -0.05) is 0 Å². The van der Waals surface area contributed by atoms with Gasteiger partial charge in [0.15, 0.2) is 17.3 Å². The highest BCUT2D eigenvalue weighted by Gasteiger charge is 2.14. The average molecular weight is 218 g/mol. The SMILES string of the molecule is NCc1ncn(-c2ccc3c(c2)OCO3)n1. The van der Waals surface area contributed by atoms with Crippen LogP contribution in [0.3, 0.4) is 0 Å². The lowest BCUT2D eigenvalue weighted by Crippen LogP contribution is -2.01. The molecule has 0 spiro atoms. The van der Waals surface area contributed by atoms with Gasteiger partial charge in [-0.2, -0.15) is 0 Å². The van der Waals surface area contributed by atoms with Gasteiger partial charge in [-0.15, -0.1) is 5.10 Å². The first-order valence-corrected chi connectivity index (χ1v) is 4.87. The molecular formula is C10H10N4O2. The van der Waals surface area contributed by atoms with Crippen molar-refractivity contribution in [1.82, 2.24) is 14.8 Å². The smallest absolute Gasteiger partial charge is 0.231 e. The van der Waals surface area contributed by atoms with Gasteiger partial charge in [0, 0.05) is 6.07 Å². The first kappa shape index (κ1) is 9.17. The molecule has 0 bridgehead atoms. The zero-order valence-electron chi connectivity index (χ0n) is 8.46. The summed E-state index contributed by atoms with van der Waals surface area (Å²) >= 11 is 0. The van der Waals surface area contributed by atoms with Crippen LogP contribution in [0.4, 0.5) is 0 Å². The number of ether oxygens (including phenoxy) is 2. The average Bonchev–Trinajstić information content (AvgIpc) is 2.96. The summed E-state index contributed by atoms with van der Waals surface area (Å²) in [6, 6.07) is 5.60. The summed E-state index contributed by atoms with van der Waals surface area (Å²) in [6.07, 6.45) is 1.62. The van der Waals surface area contributed by atoms with Crippen LogP contribution in [-0.4, -0.2) is 21.6 Å². The molecule has 0 fully saturated rings. The molecule has 16 heavy (non-hydrogen) atoms. The molecule has 2 N–H and O–H groups in total. The molecular weight excluding hydrogens is 208 g/mol. The van der Waals surface area contributed by atoms with Crippen LogP contribution in [-0.2, 0) is 6.54 Å². The second-order valence-corrected chi connectivity index (χ2v) is 3.35. The maximum absolute atomic E-state index is 5.45. The predicted molar refractivity (Wildman–Crippen MR) is 55.4 cm³/mol. The molecule has 6 heteroatoms. The van der Waals surface area contributed by atoms with Gasteiger partial charge < -0.3 is 15.2 Å². The maximum Gasteiger partial charge on any atom is 0.231 e. The summed E-state index contributed by atoms with van der Waals surface area (Å²) in [6.45, 7) is 0.599. The van der Waals surface area contributed by atoms with E-state index in [1.165, 1.54) is 0 Å². The minimum absolute atomic E-state index is 0.268. The second kappa shape index (κ2) is 3.49. The van der Waals surface area contributed by atoms with Crippen LogP contribution in [0.5, 0.6) is 11.5 Å². The van der Waals surface area contributed by atoms with Crippen LogP contribution in [0.25, 0.3) is 5.69 Å². The Morgan fingerprint density at radius 1 is 1.31 bits per heavy atom. The molecule has 2 heterocycles. The molecule has 0 aliphatic carbocycles. The topological polar surface area (TPSA) is 75.2 Å². The van der Waals surface area contributed by atoms with Crippen molar-refractivity contribution in [2.45, 2.75) is 6.54 Å². The van der Waals surface area contributed by atoms with E-state index >= 15 is 0 Å². The Labute approximate surface area is 91.6 Å². The third kappa shape index (κ3) is 1.40. The van der Waals surface area contributed by atoms with Gasteiger partial charge in [-0.05, 0) is 12.1 Å². The van der Waals surface area contributed by atoms with Crippen molar-refractivity contribution in [3.05, 3.63) is 30.4 Å². The fourth-order valence-corrected chi connectivity index (χ4v) is 1.54. The Kier molecular flexibility index (Phi) is 2.00. The van der Waals surface area contributed by atoms with E-state index in [-0.39, 0.29) is 6.79 Å². The van der Waals surface area contributed by atoms with Crippen LogP contribution in [0.1, 0.15) is 5.82 Å². The van der Waals surface area contributed by atoms with E-state index in [1.54, 1.807) is 11.0 Å². The first-order valence-electron chi connectivity index (χ1n) is 4.87. The fourth-order valence-electron chi connectivity index (χ4n) is 1.54. The van der Waals surface area contributed by atoms with Crippen LogP contribution >= 0.6 is 0 Å². The monoisotopic (exact) mass is 218 g/mol. The Morgan fingerprint density at radius 2 is 2.19 bits per heavy atom. The number of nitrogens with zero attached hydrogens (tertiary/aromatic N) is 3. The zero-order valence-corrected chi connectivity index (χ0v) is 8.46. The van der Waals surface area contributed by atoms with Crippen LogP contribution in [0.15, 0.2) is 24.5 Å². The van der Waals surface area contributed by atoms with E-state index in [9.17, 15) is 0 Å². The van der Waals surface area contributed by atoms with Gasteiger partial charge in [0.1, 0.15) is 6.33 Å². The van der Waals surface area contributed by atoms with Crippen molar-refractivity contribution in [3.8, 4) is 17.2 Å². The summed E-state index contributed by atoms with van der Waals surface area (Å²) in [7, 11) is 0. The number of hydrogen-bond acceptors (Lipinski definition) is 5. The number of fused-ring (bicyclic) bond motifs is 1. The van der Waals surface area contributed by atoms with E-state index in [4.69, 9.17) is 15.2 Å². The number of hydrogen-bond donors (Lipinski definition) is 1. The highest BCUT2D eigenvalue weighted by Crippen LogP contribution is 2.33. The molecule has 3 rings (SSSR count). The highest BCUT2D eigenvalue weighted by atomic mass is 16.7. The van der Waals surface area contributed by atoms with Gasteiger partial charge in [-0.3, -0.25) is 0 Å². The van der Waals surface area contributed by atoms with Crippen molar-refractivity contribution in [2.24, 2.45) is 5.73 Å². The Balaban J connectivity index is 2.00. The molecule has 6 nitrogen and oxygen atoms in total. The quantitative estimate of drug-likeness (QED) is 0.792. The van der Waals surface area contributed by atoms with Crippen LogP contribution < -0.4 is 15.2 Å². The first-order chi connectivity index (χ1) is 7.86. The Morgan fingerprint density at radius 3 is 3.00 bits per heavy atom. The summed E-state index contributed by atoms with van der Waals surface area (Å²) < 4.78 is 12.2. The van der Waals surface area contributed by atoms with E-state index < -0.39 is 0 Å². The number of rotatable bonds is 2. The fraction of sp³-hybridized carbons (Fsp3) is 0.200. The number of aromatic nitrogens is 3. The number of benzene rings is 1. The molecule has 82 valence electrons. The van der Waals surface area contributed by atoms with Gasteiger partial charge in [0.25, 0.3) is 0 Å². The molecule has 1 aliphatic heterocycles. The summed E-state index contributed by atoms with van der Waals surface area (Å²) in [5.74, 6) is 2.09. The van der Waals surface area contributed by atoms with Crippen molar-refractivity contribution < 1.29 is 9.47 Å². The predicted octanol–water partition coefficient (Wildman–Crippen LogP) is 0.455. The summed E-state index contributed by atoms with van der Waals surface area (Å²) in [4.78, 5) is 4.06. The van der Waals surface area contributed by atoms with Gasteiger partial charge in [0.2, 0.25) is 6.79 Å². The molecule has 0 atom stereocenters. The third-order valence-electron chi connectivity index (χ3n) is 2.34. The van der Waals surface area contributed by atoms with Gasteiger partial charge in [0.05, 0.1) is 12.2 Å². The molecule has 0 amide bonds. The molecule has 2 aromatic rings. The molecule has 1 aromatic heterocycles. The molecule has 0 saturated heterocycles. The second-order valence-electron chi connectivity index (χ2n) is 3.35. The van der Waals surface area contributed by atoms with Crippen molar-refractivity contribution in [1.29, 1.82) is 0 Å². The molecule has 0 radical (unpaired) electrons. The maximum atomic E-state index is 5.45. The van der Waals surface area contributed by atoms with E-state index in [1.807, 2.05) is 18.2 Å². The molecule has 1 aromatic carbocycles. The lowest BCUT2D eigenvalue weighted by Gasteiger charge is -2.01. The largest absolute Gasteiger partial charge is 0.454 e. The molecule has 0 saturated carbocycles. The normalized spacial score (nSPS) is 13.1. The zero-order chi connectivity index (χ0) is 11.0. The minimum Gasteiger partial charge on any atom is -0.454 e. The standard InChI is InChI=1S/C10H10N4O2/c11-4-10-12-5-14(13-10)7-1-2-8-9(3-7)16-6-15-8/h1-3,5H,4,6,11H2. The van der Waals surface area contributed by atoms with Gasteiger partial charge >= 0.3 is 0 Å². The minimum atomic E-state index is 0.268. The van der Waals surface area contributed by atoms with E-state index in [2.05, 4.69) is 10.1 Å². The molecule has 1 aliphatic rings. The van der Waals surface area contributed by atoms with Gasteiger partial charge in [-0.25, -0.2) is 9.67 Å². The van der Waals surface area contributed by atoms with E-state index in [0.29, 0.717) is 12.4 Å². The third-order valence-corrected chi connectivity index (χ3v) is 2.34. The van der Waals surface area contributed by atoms with Crippen LogP contribution in [0, 0.1) is 0 Å². The Bertz CT molecular complexity index is 523. The van der Waals surface area contributed by atoms with Crippen molar-refractivity contribution in [3.63, 3.8) is 0 Å². The van der Waals surface area contributed by atoms with Crippen molar-refractivity contribution in [2.75, 3.05) is 6.79 Å². The Hall–Kier alpha value is -2.08. The number of nitrogens with two attached hydrogens (primary N) is 1. The lowest BCUT2D eigenvalue weighted by molar-refractivity contribution is 0.174. The van der Waals surface area contributed by atoms with Crippen molar-refractivity contribution >= 4 is 0 Å². The lowest BCUT2D eigenvalue weighted by atomic mass is 10.3. The van der Waals surface area contributed by atoms with E-state index in [0.717, 1.165) is 17.2 Å². The molecule has 0 unspecified atom stereocenters. The highest BCUT2D eigenvalue weighted by molar-refractivity contribution is 5.49. The summed E-state index contributed by atoms with van der Waals surface area (Å²) in [5, 5.41) is 4.21. The summed E-state index contributed by atoms with van der Waals surface area (Å²) in [5.41, 5.74) is 6.32.